The first kappa shape index (κ1) is 15.5. The molecule has 1 fully saturated rings. The number of carboxylic acid groups (broad SMARTS) is 1. The van der Waals surface area contributed by atoms with E-state index in [0.29, 0.717) is 32.2 Å². The second-order valence-corrected chi connectivity index (χ2v) is 5.37. The van der Waals surface area contributed by atoms with Crippen LogP contribution in [0.3, 0.4) is 0 Å². The number of nitrogens with zero attached hydrogens (tertiary/aromatic N) is 2. The Morgan fingerprint density at radius 2 is 1.89 bits per heavy atom. The molecule has 6 nitrogen and oxygen atoms in total. The summed E-state index contributed by atoms with van der Waals surface area (Å²) in [6.45, 7) is 2.08. The Morgan fingerprint density at radius 3 is 2.42 bits per heavy atom. The fourth-order valence-electron chi connectivity index (χ4n) is 2.33. The molecule has 0 aliphatic carbocycles. The molecule has 0 spiro atoms. The van der Waals surface area contributed by atoms with E-state index in [1.807, 2.05) is 0 Å². The summed E-state index contributed by atoms with van der Waals surface area (Å²) in [7, 11) is 3.35. The van der Waals surface area contributed by atoms with Crippen molar-refractivity contribution in [2.75, 3.05) is 20.6 Å². The van der Waals surface area contributed by atoms with Gasteiger partial charge in [-0.25, -0.2) is 4.79 Å². The Hall–Kier alpha value is -1.59. The molecule has 0 aromatic carbocycles. The number of hydrogen-bond acceptors (Lipinski definition) is 3. The van der Waals surface area contributed by atoms with E-state index in [9.17, 15) is 19.5 Å². The van der Waals surface area contributed by atoms with Gasteiger partial charge in [0.15, 0.2) is 0 Å². The number of carbonyl (C=O) groups excluding carboxylic acids is 2. The summed E-state index contributed by atoms with van der Waals surface area (Å²) in [4.78, 5) is 37.6. The van der Waals surface area contributed by atoms with E-state index >= 15 is 0 Å². The van der Waals surface area contributed by atoms with Gasteiger partial charge in [-0.3, -0.25) is 9.59 Å². The summed E-state index contributed by atoms with van der Waals surface area (Å²) in [6.07, 6.45) is 2.21. The van der Waals surface area contributed by atoms with Crippen LogP contribution in [0, 0.1) is 0 Å². The minimum absolute atomic E-state index is 0.0183. The van der Waals surface area contributed by atoms with E-state index in [4.69, 9.17) is 0 Å². The highest BCUT2D eigenvalue weighted by Crippen LogP contribution is 2.30. The molecule has 108 valence electrons. The molecule has 0 bridgehead atoms. The van der Waals surface area contributed by atoms with Crippen LogP contribution in [0.4, 0.5) is 0 Å². The van der Waals surface area contributed by atoms with Gasteiger partial charge in [-0.2, -0.15) is 0 Å². The van der Waals surface area contributed by atoms with Gasteiger partial charge in [0.05, 0.1) is 0 Å². The third kappa shape index (κ3) is 3.45. The Balaban J connectivity index is 2.50. The van der Waals surface area contributed by atoms with E-state index in [0.717, 1.165) is 0 Å². The normalized spacial score (nSPS) is 22.4. The molecule has 2 amide bonds. The smallest absolute Gasteiger partial charge is 0.329 e. The van der Waals surface area contributed by atoms with Crippen molar-refractivity contribution in [3.8, 4) is 0 Å². The third-order valence-corrected chi connectivity index (χ3v) is 3.68. The lowest BCUT2D eigenvalue weighted by Gasteiger charge is -2.31. The third-order valence-electron chi connectivity index (χ3n) is 3.68. The summed E-state index contributed by atoms with van der Waals surface area (Å²) in [6, 6.07) is 0. The van der Waals surface area contributed by atoms with Crippen LogP contribution in [0.1, 0.15) is 39.0 Å². The number of amides is 2. The Bertz CT molecular complexity index is 381. The van der Waals surface area contributed by atoms with Crippen molar-refractivity contribution in [1.82, 2.24) is 9.80 Å². The number of carbonyl (C=O) groups is 3. The lowest BCUT2D eigenvalue weighted by molar-refractivity contribution is -0.155. The number of rotatable bonds is 5. The zero-order chi connectivity index (χ0) is 14.6. The minimum atomic E-state index is -1.08. The van der Waals surface area contributed by atoms with Crippen molar-refractivity contribution < 1.29 is 19.5 Å². The van der Waals surface area contributed by atoms with Crippen LogP contribution >= 0.6 is 0 Å². The standard InChI is InChI=1S/C13H22N2O4/c1-13(12(18)19)8-5-9-15(13)11(17)7-4-6-10(16)14(2)3/h4-9H2,1-3H3,(H,18,19). The van der Waals surface area contributed by atoms with Gasteiger partial charge >= 0.3 is 5.97 Å². The number of carboxylic acids is 1. The van der Waals surface area contributed by atoms with Crippen molar-refractivity contribution in [2.45, 2.75) is 44.6 Å². The highest BCUT2D eigenvalue weighted by Gasteiger charge is 2.45. The Morgan fingerprint density at radius 1 is 1.26 bits per heavy atom. The summed E-state index contributed by atoms with van der Waals surface area (Å²) < 4.78 is 0. The maximum Gasteiger partial charge on any atom is 0.329 e. The van der Waals surface area contributed by atoms with Crippen molar-refractivity contribution in [1.29, 1.82) is 0 Å². The van der Waals surface area contributed by atoms with E-state index in [1.54, 1.807) is 21.0 Å². The zero-order valence-electron chi connectivity index (χ0n) is 11.8. The maximum atomic E-state index is 12.1. The summed E-state index contributed by atoms with van der Waals surface area (Å²) >= 11 is 0. The van der Waals surface area contributed by atoms with E-state index in [-0.39, 0.29) is 18.2 Å². The largest absolute Gasteiger partial charge is 0.480 e. The first-order valence-electron chi connectivity index (χ1n) is 6.53. The topological polar surface area (TPSA) is 77.9 Å². The number of aliphatic carboxylic acids is 1. The van der Waals surface area contributed by atoms with Crippen LogP contribution in [0.5, 0.6) is 0 Å². The number of hydrogen-bond donors (Lipinski definition) is 1. The average molecular weight is 270 g/mol. The summed E-state index contributed by atoms with van der Waals surface area (Å²) in [5.41, 5.74) is -1.08. The molecular formula is C13H22N2O4. The molecule has 1 unspecified atom stereocenters. The molecule has 19 heavy (non-hydrogen) atoms. The van der Waals surface area contributed by atoms with Gasteiger partial charge in [0.1, 0.15) is 5.54 Å². The molecule has 1 aliphatic rings. The van der Waals surface area contributed by atoms with Crippen LogP contribution < -0.4 is 0 Å². The molecule has 0 saturated carbocycles. The van der Waals surface area contributed by atoms with Gasteiger partial charge in [0.2, 0.25) is 11.8 Å². The predicted molar refractivity (Wildman–Crippen MR) is 69.5 cm³/mol. The minimum Gasteiger partial charge on any atom is -0.480 e. The summed E-state index contributed by atoms with van der Waals surface area (Å²) in [5.74, 6) is -1.15. The fourth-order valence-corrected chi connectivity index (χ4v) is 2.33. The monoisotopic (exact) mass is 270 g/mol. The van der Waals surface area contributed by atoms with Crippen LogP contribution in [0.15, 0.2) is 0 Å². The molecule has 1 saturated heterocycles. The lowest BCUT2D eigenvalue weighted by atomic mass is 9.99. The van der Waals surface area contributed by atoms with E-state index in [1.165, 1.54) is 9.80 Å². The van der Waals surface area contributed by atoms with Gasteiger partial charge in [0.25, 0.3) is 0 Å². The molecule has 6 heteroatoms. The van der Waals surface area contributed by atoms with Crippen molar-refractivity contribution >= 4 is 17.8 Å². The molecular weight excluding hydrogens is 248 g/mol. The Labute approximate surface area is 113 Å². The van der Waals surface area contributed by atoms with Crippen molar-refractivity contribution in [3.05, 3.63) is 0 Å². The van der Waals surface area contributed by atoms with Gasteiger partial charge < -0.3 is 14.9 Å². The fraction of sp³-hybridized carbons (Fsp3) is 0.769. The molecule has 1 atom stereocenters. The maximum absolute atomic E-state index is 12.1. The molecule has 1 aliphatic heterocycles. The van der Waals surface area contributed by atoms with E-state index < -0.39 is 11.5 Å². The van der Waals surface area contributed by atoms with Crippen molar-refractivity contribution in [2.24, 2.45) is 0 Å². The summed E-state index contributed by atoms with van der Waals surface area (Å²) in [5, 5.41) is 9.22. The van der Waals surface area contributed by atoms with Crippen LogP contribution in [0.25, 0.3) is 0 Å². The lowest BCUT2D eigenvalue weighted by Crippen LogP contribution is -2.50. The number of likely N-dealkylation sites (tertiary alicyclic amines) is 1. The highest BCUT2D eigenvalue weighted by atomic mass is 16.4. The Kier molecular flexibility index (Phi) is 4.91. The zero-order valence-corrected chi connectivity index (χ0v) is 11.8. The predicted octanol–water partition coefficient (Wildman–Crippen LogP) is 0.711. The second-order valence-electron chi connectivity index (χ2n) is 5.37. The van der Waals surface area contributed by atoms with Crippen LogP contribution in [-0.2, 0) is 14.4 Å². The van der Waals surface area contributed by atoms with Gasteiger partial charge in [-0.15, -0.1) is 0 Å². The van der Waals surface area contributed by atoms with Gasteiger partial charge in [0, 0.05) is 33.5 Å². The molecule has 1 heterocycles. The molecule has 1 N–H and O–H groups in total. The molecule has 0 radical (unpaired) electrons. The SMILES string of the molecule is CN(C)C(=O)CCCC(=O)N1CCCC1(C)C(=O)O. The molecule has 1 rings (SSSR count). The van der Waals surface area contributed by atoms with E-state index in [2.05, 4.69) is 0 Å². The van der Waals surface area contributed by atoms with Crippen LogP contribution in [-0.4, -0.2) is 58.9 Å². The quantitative estimate of drug-likeness (QED) is 0.798. The average Bonchev–Trinajstić information content (AvgIpc) is 2.72. The van der Waals surface area contributed by atoms with Gasteiger partial charge in [-0.1, -0.05) is 0 Å². The molecule has 0 aromatic rings. The van der Waals surface area contributed by atoms with Gasteiger partial charge in [-0.05, 0) is 26.2 Å². The first-order valence-corrected chi connectivity index (χ1v) is 6.53. The van der Waals surface area contributed by atoms with Crippen molar-refractivity contribution in [3.63, 3.8) is 0 Å². The first-order chi connectivity index (χ1) is 8.79. The highest BCUT2D eigenvalue weighted by molar-refractivity contribution is 5.87. The molecule has 0 aromatic heterocycles. The second kappa shape index (κ2) is 6.04. The van der Waals surface area contributed by atoms with Crippen LogP contribution in [0.2, 0.25) is 0 Å².